The molecule has 0 radical (unpaired) electrons. The zero-order valence-corrected chi connectivity index (χ0v) is 16.1. The van der Waals surface area contributed by atoms with E-state index >= 15 is 0 Å². The molecule has 0 bridgehead atoms. The van der Waals surface area contributed by atoms with E-state index in [2.05, 4.69) is 20.5 Å². The van der Waals surface area contributed by atoms with Crippen LogP contribution in [0.1, 0.15) is 12.7 Å². The summed E-state index contributed by atoms with van der Waals surface area (Å²) in [5.41, 5.74) is 3.14. The van der Waals surface area contributed by atoms with Gasteiger partial charge in [0.1, 0.15) is 10.9 Å². The van der Waals surface area contributed by atoms with E-state index in [1.807, 2.05) is 35.6 Å². The van der Waals surface area contributed by atoms with Crippen LogP contribution in [0.5, 0.6) is 0 Å². The fourth-order valence-corrected chi connectivity index (χ4v) is 3.79. The van der Waals surface area contributed by atoms with Crippen LogP contribution in [0.3, 0.4) is 0 Å². The smallest absolute Gasteiger partial charge is 0.234 e. The highest BCUT2D eigenvalue weighted by molar-refractivity contribution is 8.00. The molecule has 6 nitrogen and oxygen atoms in total. The van der Waals surface area contributed by atoms with Crippen molar-refractivity contribution in [3.05, 3.63) is 59.4 Å². The van der Waals surface area contributed by atoms with Gasteiger partial charge in [0.05, 0.1) is 16.8 Å². The summed E-state index contributed by atoms with van der Waals surface area (Å²) in [6.45, 7) is 2.04. The van der Waals surface area contributed by atoms with Crippen LogP contribution in [0.4, 0.5) is 5.69 Å². The van der Waals surface area contributed by atoms with Gasteiger partial charge in [-0.1, -0.05) is 48.5 Å². The predicted octanol–water partition coefficient (Wildman–Crippen LogP) is 4.22. The van der Waals surface area contributed by atoms with Crippen molar-refractivity contribution >= 4 is 51.6 Å². The highest BCUT2D eigenvalue weighted by atomic mass is 35.5. The SMILES string of the molecule is CCc1nnc2c(SCC(=O)Nc3cccc(Cl)c3)nc3ccccc3n12. The average Bonchev–Trinajstić information content (AvgIpc) is 3.11. The number of carbonyl (C=O) groups excluding carboxylic acids is 1. The van der Waals surface area contributed by atoms with E-state index in [4.69, 9.17) is 11.6 Å². The Kier molecular flexibility index (Phi) is 4.96. The monoisotopic (exact) mass is 397 g/mol. The Morgan fingerprint density at radius 3 is 2.85 bits per heavy atom. The largest absolute Gasteiger partial charge is 0.325 e. The Morgan fingerprint density at radius 2 is 2.04 bits per heavy atom. The number of nitrogens with one attached hydrogen (secondary N) is 1. The van der Waals surface area contributed by atoms with E-state index in [9.17, 15) is 4.79 Å². The molecule has 27 heavy (non-hydrogen) atoms. The van der Waals surface area contributed by atoms with E-state index < -0.39 is 0 Å². The molecular formula is C19H16ClN5OS. The zero-order chi connectivity index (χ0) is 18.8. The number of anilines is 1. The zero-order valence-electron chi connectivity index (χ0n) is 14.5. The van der Waals surface area contributed by atoms with Crippen LogP contribution in [-0.4, -0.2) is 31.2 Å². The van der Waals surface area contributed by atoms with Gasteiger partial charge in [0.15, 0.2) is 5.65 Å². The molecule has 1 N–H and O–H groups in total. The first-order valence-corrected chi connectivity index (χ1v) is 9.83. The van der Waals surface area contributed by atoms with E-state index in [1.165, 1.54) is 11.8 Å². The van der Waals surface area contributed by atoms with Gasteiger partial charge in [-0.2, -0.15) is 0 Å². The molecule has 0 saturated carbocycles. The van der Waals surface area contributed by atoms with Gasteiger partial charge < -0.3 is 5.32 Å². The van der Waals surface area contributed by atoms with Crippen molar-refractivity contribution < 1.29 is 4.79 Å². The molecule has 0 spiro atoms. The molecule has 1 amide bonds. The standard InChI is InChI=1S/C19H16ClN5OS/c1-2-16-23-24-18-19(22-14-8-3-4-9-15(14)25(16)18)27-11-17(26)21-13-7-5-6-12(20)10-13/h3-10H,2,11H2,1H3,(H,21,26). The van der Waals surface area contributed by atoms with Crippen molar-refractivity contribution in [1.82, 2.24) is 19.6 Å². The molecule has 8 heteroatoms. The average molecular weight is 398 g/mol. The number of amides is 1. The van der Waals surface area contributed by atoms with Crippen LogP contribution in [0, 0.1) is 0 Å². The predicted molar refractivity (Wildman–Crippen MR) is 108 cm³/mol. The van der Waals surface area contributed by atoms with Crippen molar-refractivity contribution in [3.8, 4) is 0 Å². The number of rotatable bonds is 5. The maximum absolute atomic E-state index is 12.3. The number of hydrogen-bond donors (Lipinski definition) is 1. The molecule has 0 aliphatic heterocycles. The molecule has 0 atom stereocenters. The Morgan fingerprint density at radius 1 is 1.19 bits per heavy atom. The summed E-state index contributed by atoms with van der Waals surface area (Å²) in [6, 6.07) is 14.9. The van der Waals surface area contributed by atoms with E-state index in [0.717, 1.165) is 23.3 Å². The number of aromatic nitrogens is 4. The first-order chi connectivity index (χ1) is 13.2. The molecule has 2 heterocycles. The van der Waals surface area contributed by atoms with Gasteiger partial charge in [0.2, 0.25) is 5.91 Å². The van der Waals surface area contributed by atoms with Gasteiger partial charge in [-0.25, -0.2) is 4.98 Å². The maximum atomic E-state index is 12.3. The number of para-hydroxylation sites is 2. The molecule has 0 unspecified atom stereocenters. The van der Waals surface area contributed by atoms with Crippen LogP contribution in [0.2, 0.25) is 5.02 Å². The van der Waals surface area contributed by atoms with Crippen LogP contribution in [0.25, 0.3) is 16.7 Å². The number of thioether (sulfide) groups is 1. The first-order valence-electron chi connectivity index (χ1n) is 8.46. The summed E-state index contributed by atoms with van der Waals surface area (Å²) in [5.74, 6) is 0.946. The van der Waals surface area contributed by atoms with E-state index in [0.29, 0.717) is 21.4 Å². The minimum Gasteiger partial charge on any atom is -0.325 e. The summed E-state index contributed by atoms with van der Waals surface area (Å²) in [4.78, 5) is 17.0. The minimum absolute atomic E-state index is 0.134. The topological polar surface area (TPSA) is 72.2 Å². The number of hydrogen-bond acceptors (Lipinski definition) is 5. The highest BCUT2D eigenvalue weighted by Gasteiger charge is 2.15. The van der Waals surface area contributed by atoms with Crippen molar-refractivity contribution in [2.75, 3.05) is 11.1 Å². The van der Waals surface area contributed by atoms with Gasteiger partial charge in [0, 0.05) is 17.1 Å². The van der Waals surface area contributed by atoms with Crippen molar-refractivity contribution in [2.24, 2.45) is 0 Å². The van der Waals surface area contributed by atoms with Crippen LogP contribution >= 0.6 is 23.4 Å². The van der Waals surface area contributed by atoms with Crippen LogP contribution < -0.4 is 5.32 Å². The molecule has 4 aromatic rings. The molecule has 0 aliphatic rings. The van der Waals surface area contributed by atoms with Crippen LogP contribution in [-0.2, 0) is 11.2 Å². The van der Waals surface area contributed by atoms with Crippen molar-refractivity contribution in [3.63, 3.8) is 0 Å². The second-order valence-electron chi connectivity index (χ2n) is 5.88. The summed E-state index contributed by atoms with van der Waals surface area (Å²) in [5, 5.41) is 12.7. The fraction of sp³-hybridized carbons (Fsp3) is 0.158. The summed E-state index contributed by atoms with van der Waals surface area (Å²) < 4.78 is 2.01. The van der Waals surface area contributed by atoms with Gasteiger partial charge in [-0.3, -0.25) is 9.20 Å². The minimum atomic E-state index is -0.134. The molecule has 0 saturated heterocycles. The van der Waals surface area contributed by atoms with Crippen LogP contribution in [0.15, 0.2) is 53.6 Å². The molecule has 2 aromatic carbocycles. The number of aryl methyl sites for hydroxylation is 1. The maximum Gasteiger partial charge on any atom is 0.234 e. The van der Waals surface area contributed by atoms with Crippen molar-refractivity contribution in [2.45, 2.75) is 18.4 Å². The van der Waals surface area contributed by atoms with Gasteiger partial charge in [0.25, 0.3) is 0 Å². The van der Waals surface area contributed by atoms with Crippen molar-refractivity contribution in [1.29, 1.82) is 0 Å². The van der Waals surface area contributed by atoms with E-state index in [1.54, 1.807) is 24.3 Å². The fourth-order valence-electron chi connectivity index (χ4n) is 2.84. The Hall–Kier alpha value is -2.64. The number of halogens is 1. The lowest BCUT2D eigenvalue weighted by atomic mass is 10.3. The summed E-state index contributed by atoms with van der Waals surface area (Å²) in [6.07, 6.45) is 0.758. The number of fused-ring (bicyclic) bond motifs is 3. The van der Waals surface area contributed by atoms with Gasteiger partial charge in [-0.15, -0.1) is 10.2 Å². The molecule has 136 valence electrons. The van der Waals surface area contributed by atoms with E-state index in [-0.39, 0.29) is 11.7 Å². The lowest BCUT2D eigenvalue weighted by Gasteiger charge is -2.08. The van der Waals surface area contributed by atoms with Gasteiger partial charge >= 0.3 is 0 Å². The Bertz CT molecular complexity index is 1140. The van der Waals surface area contributed by atoms with Gasteiger partial charge in [-0.05, 0) is 30.3 Å². The highest BCUT2D eigenvalue weighted by Crippen LogP contribution is 2.26. The summed E-state index contributed by atoms with van der Waals surface area (Å²) >= 11 is 7.29. The third kappa shape index (κ3) is 3.61. The molecule has 4 rings (SSSR count). The first kappa shape index (κ1) is 17.8. The Labute approximate surface area is 165 Å². The summed E-state index contributed by atoms with van der Waals surface area (Å²) in [7, 11) is 0. The normalized spacial score (nSPS) is 11.2. The molecule has 0 fully saturated rings. The number of benzene rings is 2. The quantitative estimate of drug-likeness (QED) is 0.510. The molecule has 0 aliphatic carbocycles. The lowest BCUT2D eigenvalue weighted by Crippen LogP contribution is -2.14. The second kappa shape index (κ2) is 7.54. The number of carbonyl (C=O) groups is 1. The third-order valence-electron chi connectivity index (χ3n) is 4.03. The molecule has 2 aromatic heterocycles. The number of nitrogens with zero attached hydrogens (tertiary/aromatic N) is 4. The second-order valence-corrected chi connectivity index (χ2v) is 7.28. The third-order valence-corrected chi connectivity index (χ3v) is 5.22. The molecular weight excluding hydrogens is 382 g/mol. The Balaban J connectivity index is 1.61. The lowest BCUT2D eigenvalue weighted by molar-refractivity contribution is -0.113.